The molecule has 1 heterocycles. The number of hydrogen-bond acceptors (Lipinski definition) is 0. The molecule has 0 saturated carbocycles. The molecular formula is C13H16P+. The Hall–Kier alpha value is -0.870. The van der Waals surface area contributed by atoms with Crippen LogP contribution in [0.1, 0.15) is 13.8 Å². The van der Waals surface area contributed by atoms with Crippen molar-refractivity contribution in [3.05, 3.63) is 53.1 Å². The Balaban J connectivity index is 2.47. The second-order valence-electron chi connectivity index (χ2n) is 4.11. The van der Waals surface area contributed by atoms with Gasteiger partial charge >= 0.3 is 0 Å². The van der Waals surface area contributed by atoms with E-state index in [0.717, 1.165) is 0 Å². The molecule has 72 valence electrons. The second-order valence-corrected chi connectivity index (χ2v) is 7.43. The van der Waals surface area contributed by atoms with E-state index in [1.165, 1.54) is 16.5 Å². The molecule has 14 heavy (non-hydrogen) atoms. The molecule has 0 spiro atoms. The van der Waals surface area contributed by atoms with Crippen LogP contribution in [-0.2, 0) is 0 Å². The summed E-state index contributed by atoms with van der Waals surface area (Å²) in [7, 11) is -1.11. The van der Waals surface area contributed by atoms with Crippen LogP contribution >= 0.6 is 7.26 Å². The first kappa shape index (κ1) is 9.68. The first-order valence-electron chi connectivity index (χ1n) is 4.93. The molecule has 0 unspecified atom stereocenters. The predicted molar refractivity (Wildman–Crippen MR) is 66.4 cm³/mol. The number of hydrogen-bond donors (Lipinski definition) is 0. The van der Waals surface area contributed by atoms with Gasteiger partial charge in [0, 0.05) is 0 Å². The number of allylic oxidation sites excluding steroid dienone is 2. The smallest absolute Gasteiger partial charge is 0.0620 e. The Morgan fingerprint density at radius 3 is 1.86 bits per heavy atom. The van der Waals surface area contributed by atoms with E-state index in [0.29, 0.717) is 0 Å². The lowest BCUT2D eigenvalue weighted by Gasteiger charge is -2.10. The Bertz CT molecular complexity index is 381. The van der Waals surface area contributed by atoms with Crippen molar-refractivity contribution in [2.75, 3.05) is 6.66 Å². The van der Waals surface area contributed by atoms with Gasteiger partial charge in [0.2, 0.25) is 0 Å². The third kappa shape index (κ3) is 1.55. The molecular weight excluding hydrogens is 187 g/mol. The third-order valence-corrected chi connectivity index (χ3v) is 6.12. The van der Waals surface area contributed by atoms with Crippen LogP contribution < -0.4 is 5.30 Å². The van der Waals surface area contributed by atoms with Gasteiger partial charge in [-0.25, -0.2) is 0 Å². The molecule has 0 saturated heterocycles. The van der Waals surface area contributed by atoms with Crippen LogP contribution in [-0.4, -0.2) is 6.66 Å². The quantitative estimate of drug-likeness (QED) is 0.609. The highest BCUT2D eigenvalue weighted by atomic mass is 31.2. The summed E-state index contributed by atoms with van der Waals surface area (Å²) < 4.78 is 0. The van der Waals surface area contributed by atoms with Crippen LogP contribution in [0.15, 0.2) is 53.1 Å². The standard InChI is InChI=1S/C13H16P/c1-11-9-14(3,10-12(11)2)13-7-5-4-6-8-13/h4-10H,1-3H3/q+1. The second kappa shape index (κ2) is 3.37. The number of rotatable bonds is 1. The van der Waals surface area contributed by atoms with E-state index in [-0.39, 0.29) is 0 Å². The van der Waals surface area contributed by atoms with E-state index in [1.807, 2.05) is 0 Å². The van der Waals surface area contributed by atoms with Gasteiger partial charge in [0.1, 0.15) is 5.30 Å². The first-order chi connectivity index (χ1) is 6.62. The summed E-state index contributed by atoms with van der Waals surface area (Å²) in [6.07, 6.45) is 0. The largest absolute Gasteiger partial charge is 0.103 e. The summed E-state index contributed by atoms with van der Waals surface area (Å²) in [5.41, 5.74) is 2.90. The molecule has 1 aromatic rings. The molecule has 0 radical (unpaired) electrons. The minimum Gasteiger partial charge on any atom is -0.0620 e. The van der Waals surface area contributed by atoms with Crippen molar-refractivity contribution in [2.45, 2.75) is 13.8 Å². The molecule has 0 N–H and O–H groups in total. The Labute approximate surface area is 86.7 Å². The van der Waals surface area contributed by atoms with Crippen molar-refractivity contribution in [2.24, 2.45) is 0 Å². The molecule has 0 atom stereocenters. The van der Waals surface area contributed by atoms with E-state index in [4.69, 9.17) is 0 Å². The number of benzene rings is 1. The molecule has 0 nitrogen and oxygen atoms in total. The fourth-order valence-electron chi connectivity index (χ4n) is 1.94. The molecule has 1 aliphatic heterocycles. The van der Waals surface area contributed by atoms with Gasteiger partial charge in [-0.1, -0.05) is 18.2 Å². The van der Waals surface area contributed by atoms with Crippen molar-refractivity contribution in [3.63, 3.8) is 0 Å². The van der Waals surface area contributed by atoms with Gasteiger partial charge in [-0.15, -0.1) is 0 Å². The first-order valence-corrected chi connectivity index (χ1v) is 7.30. The topological polar surface area (TPSA) is 0 Å². The Morgan fingerprint density at radius 2 is 1.36 bits per heavy atom. The summed E-state index contributed by atoms with van der Waals surface area (Å²) in [5.74, 6) is 4.91. The van der Waals surface area contributed by atoms with E-state index in [9.17, 15) is 0 Å². The zero-order valence-corrected chi connectivity index (χ0v) is 9.88. The SMILES string of the molecule is CC1=C[P+](C)(c2ccccc2)C=C1C. The van der Waals surface area contributed by atoms with Gasteiger partial charge in [0.15, 0.2) is 0 Å². The maximum atomic E-state index is 2.46. The minimum absolute atomic E-state index is 1.11. The van der Waals surface area contributed by atoms with E-state index < -0.39 is 7.26 Å². The van der Waals surface area contributed by atoms with Crippen LogP contribution in [0.3, 0.4) is 0 Å². The summed E-state index contributed by atoms with van der Waals surface area (Å²) in [4.78, 5) is 0. The highest BCUT2D eigenvalue weighted by molar-refractivity contribution is 7.88. The van der Waals surface area contributed by atoms with Crippen molar-refractivity contribution >= 4 is 12.6 Å². The lowest BCUT2D eigenvalue weighted by molar-refractivity contribution is 1.39. The average molecular weight is 203 g/mol. The summed E-state index contributed by atoms with van der Waals surface area (Å²) in [5, 5.41) is 1.48. The zero-order valence-electron chi connectivity index (χ0n) is 8.99. The zero-order chi connectivity index (χ0) is 10.2. The van der Waals surface area contributed by atoms with Crippen LogP contribution in [0.25, 0.3) is 0 Å². The molecule has 2 rings (SSSR count). The van der Waals surface area contributed by atoms with Gasteiger partial charge in [0.05, 0.1) is 25.6 Å². The van der Waals surface area contributed by atoms with Crippen LogP contribution in [0.5, 0.6) is 0 Å². The van der Waals surface area contributed by atoms with Gasteiger partial charge < -0.3 is 0 Å². The van der Waals surface area contributed by atoms with Gasteiger partial charge in [0.25, 0.3) is 0 Å². The molecule has 0 fully saturated rings. The lowest BCUT2D eigenvalue weighted by Crippen LogP contribution is -2.03. The van der Waals surface area contributed by atoms with E-state index in [1.54, 1.807) is 0 Å². The van der Waals surface area contributed by atoms with Crippen LogP contribution in [0.4, 0.5) is 0 Å². The molecule has 0 bridgehead atoms. The Morgan fingerprint density at radius 1 is 0.857 bits per heavy atom. The van der Waals surface area contributed by atoms with Crippen molar-refractivity contribution in [1.29, 1.82) is 0 Å². The maximum absolute atomic E-state index is 2.46. The predicted octanol–water partition coefficient (Wildman–Crippen LogP) is 3.78. The monoisotopic (exact) mass is 203 g/mol. The van der Waals surface area contributed by atoms with Crippen LogP contribution in [0, 0.1) is 0 Å². The van der Waals surface area contributed by atoms with Crippen molar-refractivity contribution in [3.8, 4) is 0 Å². The fraction of sp³-hybridized carbons (Fsp3) is 0.231. The molecule has 0 aliphatic carbocycles. The molecule has 1 heteroatoms. The van der Waals surface area contributed by atoms with Crippen molar-refractivity contribution < 1.29 is 0 Å². The molecule has 0 amide bonds. The molecule has 1 aromatic carbocycles. The van der Waals surface area contributed by atoms with Gasteiger partial charge in [-0.05, 0) is 37.1 Å². The van der Waals surface area contributed by atoms with Crippen molar-refractivity contribution in [1.82, 2.24) is 0 Å². The minimum atomic E-state index is -1.11. The maximum Gasteiger partial charge on any atom is 0.103 e. The summed E-state index contributed by atoms with van der Waals surface area (Å²) in [6.45, 7) is 6.79. The van der Waals surface area contributed by atoms with Crippen LogP contribution in [0.2, 0.25) is 0 Å². The third-order valence-electron chi connectivity index (χ3n) is 2.86. The summed E-state index contributed by atoms with van der Waals surface area (Å²) in [6, 6.07) is 10.8. The molecule has 0 aromatic heterocycles. The molecule has 1 aliphatic rings. The Kier molecular flexibility index (Phi) is 2.33. The van der Waals surface area contributed by atoms with Gasteiger partial charge in [-0.2, -0.15) is 0 Å². The fourth-order valence-corrected chi connectivity index (χ4v) is 5.15. The lowest BCUT2D eigenvalue weighted by atomic mass is 10.2. The van der Waals surface area contributed by atoms with E-state index >= 15 is 0 Å². The highest BCUT2D eigenvalue weighted by Gasteiger charge is 2.34. The highest BCUT2D eigenvalue weighted by Crippen LogP contribution is 2.62. The average Bonchev–Trinajstić information content (AvgIpc) is 2.44. The normalized spacial score (nSPS) is 19.1. The van der Waals surface area contributed by atoms with Gasteiger partial charge in [-0.3, -0.25) is 0 Å². The summed E-state index contributed by atoms with van der Waals surface area (Å²) >= 11 is 0. The van der Waals surface area contributed by atoms with E-state index in [2.05, 4.69) is 62.5 Å².